The Hall–Kier alpha value is -0.0800. The van der Waals surface area contributed by atoms with E-state index in [0.717, 1.165) is 25.6 Å². The molecule has 0 atom stereocenters. The summed E-state index contributed by atoms with van der Waals surface area (Å²) >= 11 is 0. The lowest BCUT2D eigenvalue weighted by molar-refractivity contribution is -0.185. The molecule has 0 unspecified atom stereocenters. The highest BCUT2D eigenvalue weighted by Crippen LogP contribution is 2.07. The second-order valence-electron chi connectivity index (χ2n) is 3.32. The van der Waals surface area contributed by atoms with Crippen molar-refractivity contribution in [3.8, 4) is 0 Å². The lowest BCUT2D eigenvalue weighted by atomic mass is 10.2. The minimum atomic E-state index is 0.720. The molecule has 1 aliphatic rings. The first-order chi connectivity index (χ1) is 4.79. The number of nitrogens with zero attached hydrogens (tertiary/aromatic N) is 1. The third-order valence-corrected chi connectivity index (χ3v) is 1.64. The van der Waals surface area contributed by atoms with Crippen LogP contribution in [0.4, 0.5) is 0 Å². The second kappa shape index (κ2) is 3.94. The van der Waals surface area contributed by atoms with Gasteiger partial charge in [0.2, 0.25) is 0 Å². The highest BCUT2D eigenvalue weighted by Gasteiger charge is 2.10. The number of hydroxylamine groups is 2. The fraction of sp³-hybridized carbons (Fsp3) is 1.00. The monoisotopic (exact) mass is 143 g/mol. The molecular formula is C8H17NO. The molecule has 0 aromatic carbocycles. The highest BCUT2D eigenvalue weighted by atomic mass is 16.7. The van der Waals surface area contributed by atoms with E-state index in [1.54, 1.807) is 0 Å². The van der Waals surface area contributed by atoms with Gasteiger partial charge in [-0.3, -0.25) is 4.84 Å². The molecule has 1 rings (SSSR count). The molecule has 1 aliphatic heterocycles. The predicted molar refractivity (Wildman–Crippen MR) is 41.6 cm³/mol. The van der Waals surface area contributed by atoms with E-state index in [4.69, 9.17) is 4.84 Å². The molecular weight excluding hydrogens is 126 g/mol. The van der Waals surface area contributed by atoms with E-state index in [1.807, 2.05) is 0 Å². The van der Waals surface area contributed by atoms with Crippen molar-refractivity contribution in [1.82, 2.24) is 5.06 Å². The van der Waals surface area contributed by atoms with Crippen LogP contribution in [-0.4, -0.2) is 24.8 Å². The lowest BCUT2D eigenvalue weighted by Gasteiger charge is -2.27. The van der Waals surface area contributed by atoms with Crippen molar-refractivity contribution >= 4 is 0 Å². The standard InChI is InChI=1S/C8H17NO/c1-8(2)7-9-5-3-4-6-10-9/h8H,3-7H2,1-2H3. The first-order valence-electron chi connectivity index (χ1n) is 4.17. The molecule has 0 bridgehead atoms. The van der Waals surface area contributed by atoms with E-state index in [-0.39, 0.29) is 0 Å². The van der Waals surface area contributed by atoms with E-state index in [2.05, 4.69) is 18.9 Å². The van der Waals surface area contributed by atoms with Crippen molar-refractivity contribution in [3.63, 3.8) is 0 Å². The van der Waals surface area contributed by atoms with E-state index < -0.39 is 0 Å². The van der Waals surface area contributed by atoms with E-state index >= 15 is 0 Å². The maximum atomic E-state index is 5.42. The number of hydrogen-bond donors (Lipinski definition) is 0. The Labute approximate surface area is 63.1 Å². The normalized spacial score (nSPS) is 21.9. The van der Waals surface area contributed by atoms with Gasteiger partial charge in [0.05, 0.1) is 6.61 Å². The summed E-state index contributed by atoms with van der Waals surface area (Å²) in [5.41, 5.74) is 0. The van der Waals surface area contributed by atoms with Crippen LogP contribution in [-0.2, 0) is 4.84 Å². The molecule has 60 valence electrons. The largest absolute Gasteiger partial charge is 0.299 e. The van der Waals surface area contributed by atoms with E-state index in [0.29, 0.717) is 0 Å². The molecule has 0 aromatic rings. The van der Waals surface area contributed by atoms with E-state index in [9.17, 15) is 0 Å². The van der Waals surface area contributed by atoms with Gasteiger partial charge in [0.15, 0.2) is 0 Å². The summed E-state index contributed by atoms with van der Waals surface area (Å²) in [4.78, 5) is 5.42. The van der Waals surface area contributed by atoms with Crippen LogP contribution in [0.3, 0.4) is 0 Å². The van der Waals surface area contributed by atoms with Crippen molar-refractivity contribution in [2.45, 2.75) is 26.7 Å². The summed E-state index contributed by atoms with van der Waals surface area (Å²) in [5.74, 6) is 0.720. The molecule has 1 saturated heterocycles. The van der Waals surface area contributed by atoms with Crippen LogP contribution in [0, 0.1) is 5.92 Å². The maximum absolute atomic E-state index is 5.42. The smallest absolute Gasteiger partial charge is 0.0685 e. The molecule has 0 spiro atoms. The van der Waals surface area contributed by atoms with E-state index in [1.165, 1.54) is 12.8 Å². The molecule has 2 nitrogen and oxygen atoms in total. The summed E-state index contributed by atoms with van der Waals surface area (Å²) in [7, 11) is 0. The quantitative estimate of drug-likeness (QED) is 0.583. The Morgan fingerprint density at radius 3 is 2.70 bits per heavy atom. The van der Waals surface area contributed by atoms with Gasteiger partial charge in [0, 0.05) is 13.1 Å². The molecule has 1 fully saturated rings. The number of hydrogen-bond acceptors (Lipinski definition) is 2. The Morgan fingerprint density at radius 1 is 1.40 bits per heavy atom. The molecule has 0 radical (unpaired) electrons. The fourth-order valence-corrected chi connectivity index (χ4v) is 1.20. The van der Waals surface area contributed by atoms with Gasteiger partial charge >= 0.3 is 0 Å². The minimum Gasteiger partial charge on any atom is -0.299 e. The lowest BCUT2D eigenvalue weighted by Crippen LogP contribution is -2.32. The third kappa shape index (κ3) is 2.67. The van der Waals surface area contributed by atoms with Gasteiger partial charge in [-0.25, -0.2) is 0 Å². The van der Waals surface area contributed by atoms with Gasteiger partial charge in [0.25, 0.3) is 0 Å². The van der Waals surface area contributed by atoms with Crippen LogP contribution in [0.2, 0.25) is 0 Å². The van der Waals surface area contributed by atoms with Gasteiger partial charge in [0.1, 0.15) is 0 Å². The number of rotatable bonds is 2. The Bertz CT molecular complexity index is 87.3. The molecule has 0 N–H and O–H groups in total. The Morgan fingerprint density at radius 2 is 2.20 bits per heavy atom. The highest BCUT2D eigenvalue weighted by molar-refractivity contribution is 4.55. The van der Waals surface area contributed by atoms with Crippen molar-refractivity contribution in [3.05, 3.63) is 0 Å². The summed E-state index contributed by atoms with van der Waals surface area (Å²) < 4.78 is 0. The molecule has 0 amide bonds. The SMILES string of the molecule is CC(C)CN1CCCCO1. The van der Waals surface area contributed by atoms with Gasteiger partial charge in [-0.15, -0.1) is 0 Å². The minimum absolute atomic E-state index is 0.720. The van der Waals surface area contributed by atoms with Gasteiger partial charge in [-0.2, -0.15) is 5.06 Å². The van der Waals surface area contributed by atoms with Crippen molar-refractivity contribution in [2.75, 3.05) is 19.7 Å². The molecule has 0 aliphatic carbocycles. The summed E-state index contributed by atoms with van der Waals surface area (Å²) in [6, 6.07) is 0. The third-order valence-electron chi connectivity index (χ3n) is 1.64. The Kier molecular flexibility index (Phi) is 3.16. The average molecular weight is 143 g/mol. The second-order valence-corrected chi connectivity index (χ2v) is 3.32. The Balaban J connectivity index is 2.13. The molecule has 1 heterocycles. The first-order valence-corrected chi connectivity index (χ1v) is 4.17. The summed E-state index contributed by atoms with van der Waals surface area (Å²) in [6.07, 6.45) is 2.53. The van der Waals surface area contributed by atoms with Crippen LogP contribution in [0.25, 0.3) is 0 Å². The van der Waals surface area contributed by atoms with Gasteiger partial charge < -0.3 is 0 Å². The molecule has 0 saturated carbocycles. The van der Waals surface area contributed by atoms with Crippen LogP contribution >= 0.6 is 0 Å². The van der Waals surface area contributed by atoms with Crippen molar-refractivity contribution in [1.29, 1.82) is 0 Å². The van der Waals surface area contributed by atoms with Crippen LogP contribution in [0.1, 0.15) is 26.7 Å². The molecule has 0 aromatic heterocycles. The first kappa shape index (κ1) is 8.02. The van der Waals surface area contributed by atoms with Crippen LogP contribution in [0.15, 0.2) is 0 Å². The van der Waals surface area contributed by atoms with Crippen LogP contribution < -0.4 is 0 Å². The molecule has 10 heavy (non-hydrogen) atoms. The van der Waals surface area contributed by atoms with Crippen molar-refractivity contribution in [2.24, 2.45) is 5.92 Å². The summed E-state index contributed by atoms with van der Waals surface area (Å²) in [6.45, 7) is 7.57. The van der Waals surface area contributed by atoms with Crippen molar-refractivity contribution < 1.29 is 4.84 Å². The predicted octanol–water partition coefficient (Wildman–Crippen LogP) is 1.67. The fourth-order valence-electron chi connectivity index (χ4n) is 1.20. The zero-order valence-electron chi connectivity index (χ0n) is 6.97. The zero-order chi connectivity index (χ0) is 7.40. The topological polar surface area (TPSA) is 12.5 Å². The van der Waals surface area contributed by atoms with Crippen LogP contribution in [0.5, 0.6) is 0 Å². The zero-order valence-corrected chi connectivity index (χ0v) is 6.97. The van der Waals surface area contributed by atoms with Gasteiger partial charge in [-0.05, 0) is 18.8 Å². The van der Waals surface area contributed by atoms with Gasteiger partial charge in [-0.1, -0.05) is 13.8 Å². The maximum Gasteiger partial charge on any atom is 0.0685 e. The average Bonchev–Trinajstić information content (AvgIpc) is 1.88. The molecule has 2 heteroatoms. The summed E-state index contributed by atoms with van der Waals surface area (Å²) in [5, 5.41) is 2.09.